The van der Waals surface area contributed by atoms with Crippen LogP contribution in [0.3, 0.4) is 0 Å². The number of fused-ring (bicyclic) bond motifs is 1. The maximum atomic E-state index is 13.0. The molecule has 0 bridgehead atoms. The van der Waals surface area contributed by atoms with E-state index >= 15 is 0 Å². The van der Waals surface area contributed by atoms with Crippen LogP contribution in [0.5, 0.6) is 5.75 Å². The van der Waals surface area contributed by atoms with E-state index in [1.165, 1.54) is 12.1 Å². The summed E-state index contributed by atoms with van der Waals surface area (Å²) in [5.74, 6) is 2.09. The highest BCUT2D eigenvalue weighted by molar-refractivity contribution is 5.59. The fourth-order valence-electron chi connectivity index (χ4n) is 3.62. The van der Waals surface area contributed by atoms with Crippen LogP contribution < -0.4 is 9.64 Å². The molecule has 0 amide bonds. The fourth-order valence-corrected chi connectivity index (χ4v) is 3.62. The van der Waals surface area contributed by atoms with E-state index in [1.807, 2.05) is 42.5 Å². The van der Waals surface area contributed by atoms with Gasteiger partial charge in [-0.2, -0.15) is 4.52 Å². The zero-order valence-electron chi connectivity index (χ0n) is 15.8. The van der Waals surface area contributed by atoms with Crippen LogP contribution in [0.1, 0.15) is 12.8 Å². The van der Waals surface area contributed by atoms with Crippen molar-refractivity contribution in [2.75, 3.05) is 18.0 Å². The smallest absolute Gasteiger partial charge is 0.185 e. The Morgan fingerprint density at radius 3 is 2.38 bits per heavy atom. The number of anilines is 1. The Morgan fingerprint density at radius 2 is 1.62 bits per heavy atom. The van der Waals surface area contributed by atoms with Gasteiger partial charge in [-0.15, -0.1) is 15.3 Å². The fraction of sp³-hybridized carbons (Fsp3) is 0.227. The van der Waals surface area contributed by atoms with Gasteiger partial charge in [0.05, 0.1) is 0 Å². The lowest BCUT2D eigenvalue weighted by Gasteiger charge is -2.32. The largest absolute Gasteiger partial charge is 0.490 e. The average molecular weight is 389 g/mol. The van der Waals surface area contributed by atoms with Gasteiger partial charge < -0.3 is 9.64 Å². The van der Waals surface area contributed by atoms with E-state index in [0.29, 0.717) is 5.75 Å². The van der Waals surface area contributed by atoms with E-state index in [0.717, 1.165) is 48.8 Å². The third kappa shape index (κ3) is 3.63. The number of hydrogen-bond acceptors (Lipinski definition) is 5. The van der Waals surface area contributed by atoms with Gasteiger partial charge in [0, 0.05) is 31.5 Å². The van der Waals surface area contributed by atoms with Gasteiger partial charge in [0.15, 0.2) is 11.5 Å². The van der Waals surface area contributed by atoms with E-state index < -0.39 is 0 Å². The van der Waals surface area contributed by atoms with Crippen molar-refractivity contribution in [2.24, 2.45) is 0 Å². The molecule has 4 aromatic rings. The molecule has 0 saturated carbocycles. The predicted molar refractivity (Wildman–Crippen MR) is 108 cm³/mol. The lowest BCUT2D eigenvalue weighted by molar-refractivity contribution is 0.170. The molecule has 7 heteroatoms. The summed E-state index contributed by atoms with van der Waals surface area (Å²) in [5.41, 5.74) is 1.71. The molecule has 146 valence electrons. The van der Waals surface area contributed by atoms with Gasteiger partial charge >= 0.3 is 0 Å². The summed E-state index contributed by atoms with van der Waals surface area (Å²) < 4.78 is 20.8. The van der Waals surface area contributed by atoms with Gasteiger partial charge in [0.25, 0.3) is 0 Å². The molecule has 2 aromatic heterocycles. The zero-order valence-corrected chi connectivity index (χ0v) is 15.8. The van der Waals surface area contributed by atoms with Crippen LogP contribution in [0.25, 0.3) is 17.0 Å². The second kappa shape index (κ2) is 7.50. The Bertz CT molecular complexity index is 1110. The Morgan fingerprint density at radius 1 is 0.862 bits per heavy atom. The molecule has 1 aliphatic rings. The predicted octanol–water partition coefficient (Wildman–Crippen LogP) is 3.98. The van der Waals surface area contributed by atoms with Gasteiger partial charge in [-0.3, -0.25) is 0 Å². The van der Waals surface area contributed by atoms with Gasteiger partial charge in [0.1, 0.15) is 23.5 Å². The van der Waals surface area contributed by atoms with Crippen LogP contribution in [-0.2, 0) is 0 Å². The van der Waals surface area contributed by atoms with Crippen molar-refractivity contribution in [1.29, 1.82) is 0 Å². The molecule has 0 unspecified atom stereocenters. The van der Waals surface area contributed by atoms with Crippen molar-refractivity contribution >= 4 is 11.5 Å². The SMILES string of the molecule is Fc1ccc(OC2CCN(c3ccc4nnc(-c5ccccc5)n4n3)CC2)cc1. The van der Waals surface area contributed by atoms with Crippen LogP contribution in [0.15, 0.2) is 66.7 Å². The maximum Gasteiger partial charge on any atom is 0.185 e. The number of rotatable bonds is 4. The van der Waals surface area contributed by atoms with Gasteiger partial charge in [0.2, 0.25) is 0 Å². The molecule has 5 rings (SSSR count). The maximum absolute atomic E-state index is 13.0. The number of benzene rings is 2. The van der Waals surface area contributed by atoms with Crippen molar-refractivity contribution in [3.63, 3.8) is 0 Å². The van der Waals surface area contributed by atoms with Gasteiger partial charge in [-0.05, 0) is 36.4 Å². The average Bonchev–Trinajstić information content (AvgIpc) is 3.20. The first-order chi connectivity index (χ1) is 14.3. The minimum absolute atomic E-state index is 0.121. The Balaban J connectivity index is 1.31. The summed E-state index contributed by atoms with van der Waals surface area (Å²) in [6.45, 7) is 1.68. The second-order valence-electron chi connectivity index (χ2n) is 7.11. The third-order valence-electron chi connectivity index (χ3n) is 5.16. The van der Waals surface area contributed by atoms with Crippen molar-refractivity contribution in [3.8, 4) is 17.1 Å². The first-order valence-electron chi connectivity index (χ1n) is 9.71. The van der Waals surface area contributed by atoms with Crippen LogP contribution >= 0.6 is 0 Å². The molecule has 6 nitrogen and oxygen atoms in total. The summed E-state index contributed by atoms with van der Waals surface area (Å²) in [7, 11) is 0. The molecule has 3 heterocycles. The molecule has 1 saturated heterocycles. The van der Waals surface area contributed by atoms with E-state index in [4.69, 9.17) is 9.84 Å². The second-order valence-corrected chi connectivity index (χ2v) is 7.11. The summed E-state index contributed by atoms with van der Waals surface area (Å²) >= 11 is 0. The molecular formula is C22H20FN5O. The first-order valence-corrected chi connectivity index (χ1v) is 9.71. The number of hydrogen-bond donors (Lipinski definition) is 0. The van der Waals surface area contributed by atoms with Gasteiger partial charge in [-0.1, -0.05) is 30.3 Å². The Labute approximate surface area is 167 Å². The molecule has 1 fully saturated rings. The van der Waals surface area contributed by atoms with Crippen LogP contribution in [0.2, 0.25) is 0 Å². The number of piperidine rings is 1. The number of ether oxygens (including phenoxy) is 1. The lowest BCUT2D eigenvalue weighted by Crippen LogP contribution is -2.38. The lowest BCUT2D eigenvalue weighted by atomic mass is 10.1. The normalized spacial score (nSPS) is 15.0. The molecule has 29 heavy (non-hydrogen) atoms. The number of nitrogens with zero attached hydrogens (tertiary/aromatic N) is 5. The summed E-state index contributed by atoms with van der Waals surface area (Å²) in [6, 6.07) is 20.1. The third-order valence-corrected chi connectivity index (χ3v) is 5.16. The van der Waals surface area contributed by atoms with E-state index in [-0.39, 0.29) is 11.9 Å². The van der Waals surface area contributed by atoms with Crippen molar-refractivity contribution < 1.29 is 9.13 Å². The Hall–Kier alpha value is -3.48. The topological polar surface area (TPSA) is 55.5 Å². The van der Waals surface area contributed by atoms with Gasteiger partial charge in [-0.25, -0.2) is 4.39 Å². The molecule has 2 aromatic carbocycles. The van der Waals surface area contributed by atoms with Crippen LogP contribution in [-0.4, -0.2) is 39.0 Å². The molecule has 0 spiro atoms. The monoisotopic (exact) mass is 389 g/mol. The quantitative estimate of drug-likeness (QED) is 0.528. The van der Waals surface area contributed by atoms with E-state index in [2.05, 4.69) is 15.1 Å². The standard InChI is InChI=1S/C22H20FN5O/c23-17-6-8-18(9-7-17)29-19-12-14-27(15-13-19)21-11-10-20-24-25-22(28(20)26-21)16-4-2-1-3-5-16/h1-11,19H,12-15H2. The highest BCUT2D eigenvalue weighted by atomic mass is 19.1. The zero-order chi connectivity index (χ0) is 19.6. The van der Waals surface area contributed by atoms with Crippen molar-refractivity contribution in [2.45, 2.75) is 18.9 Å². The van der Waals surface area contributed by atoms with Crippen LogP contribution in [0.4, 0.5) is 10.2 Å². The minimum Gasteiger partial charge on any atom is -0.490 e. The van der Waals surface area contributed by atoms with E-state index in [9.17, 15) is 4.39 Å². The number of aromatic nitrogens is 4. The van der Waals surface area contributed by atoms with Crippen molar-refractivity contribution in [3.05, 3.63) is 72.5 Å². The summed E-state index contributed by atoms with van der Waals surface area (Å²) in [5, 5.41) is 13.3. The highest BCUT2D eigenvalue weighted by Crippen LogP contribution is 2.24. The Kier molecular flexibility index (Phi) is 4.56. The van der Waals surface area contributed by atoms with Crippen LogP contribution in [0, 0.1) is 5.82 Å². The summed E-state index contributed by atoms with van der Waals surface area (Å²) in [4.78, 5) is 2.25. The minimum atomic E-state index is -0.252. The molecule has 0 atom stereocenters. The molecule has 0 aliphatic carbocycles. The highest BCUT2D eigenvalue weighted by Gasteiger charge is 2.22. The molecule has 1 aliphatic heterocycles. The first kappa shape index (κ1) is 17.6. The number of halogens is 1. The molecular weight excluding hydrogens is 369 g/mol. The molecule has 0 N–H and O–H groups in total. The summed E-state index contributed by atoms with van der Waals surface area (Å²) in [6.07, 6.45) is 1.88. The van der Waals surface area contributed by atoms with Crippen molar-refractivity contribution in [1.82, 2.24) is 19.8 Å². The van der Waals surface area contributed by atoms with E-state index in [1.54, 1.807) is 16.6 Å². The molecule has 0 radical (unpaired) electrons.